The summed E-state index contributed by atoms with van der Waals surface area (Å²) in [5.41, 5.74) is 1.61. The van der Waals surface area contributed by atoms with Crippen LogP contribution in [-0.2, 0) is 0 Å². The fourth-order valence-electron chi connectivity index (χ4n) is 1.57. The molecular weight excluding hydrogens is 380 g/mol. The van der Waals surface area contributed by atoms with Gasteiger partial charge in [0.25, 0.3) is 0 Å². The number of carbonyl (C=O) groups excluding carboxylic acids is 1. The van der Waals surface area contributed by atoms with Gasteiger partial charge in [-0.25, -0.2) is 0 Å². The van der Waals surface area contributed by atoms with E-state index in [2.05, 4.69) is 31.9 Å². The van der Waals surface area contributed by atoms with E-state index in [0.717, 1.165) is 13.8 Å². The molecule has 1 heterocycles. The van der Waals surface area contributed by atoms with Crippen LogP contribution in [0.1, 0.15) is 20.8 Å². The van der Waals surface area contributed by atoms with Crippen LogP contribution >= 0.6 is 43.2 Å². The number of thiophene rings is 1. The van der Waals surface area contributed by atoms with Crippen molar-refractivity contribution in [2.24, 2.45) is 0 Å². The lowest BCUT2D eigenvalue weighted by Gasteiger charge is -2.09. The van der Waals surface area contributed by atoms with E-state index in [9.17, 15) is 4.79 Å². The first-order valence-corrected chi connectivity index (χ1v) is 7.57. The molecule has 2 nitrogen and oxygen atoms in total. The first-order valence-electron chi connectivity index (χ1n) is 5.17. The Morgan fingerprint density at radius 3 is 2.56 bits per heavy atom. The Kier molecular flexibility index (Phi) is 4.25. The lowest BCUT2D eigenvalue weighted by Crippen LogP contribution is -2.02. The molecule has 0 saturated carbocycles. The highest BCUT2D eigenvalue weighted by molar-refractivity contribution is 9.11. The summed E-state index contributed by atoms with van der Waals surface area (Å²) >= 11 is 8.22. The van der Waals surface area contributed by atoms with Crippen molar-refractivity contribution >= 4 is 49.0 Å². The average molecular weight is 390 g/mol. The van der Waals surface area contributed by atoms with Gasteiger partial charge in [-0.3, -0.25) is 4.79 Å². The normalized spacial score (nSPS) is 10.4. The van der Waals surface area contributed by atoms with Crippen molar-refractivity contribution in [2.45, 2.75) is 6.92 Å². The summed E-state index contributed by atoms with van der Waals surface area (Å²) in [7, 11) is 1.57. The summed E-state index contributed by atoms with van der Waals surface area (Å²) in [5, 5.41) is 0. The molecule has 0 radical (unpaired) electrons. The Hall–Kier alpha value is -0.650. The van der Waals surface area contributed by atoms with Crippen molar-refractivity contribution in [3.8, 4) is 5.75 Å². The molecule has 1 aromatic heterocycles. The van der Waals surface area contributed by atoms with Crippen LogP contribution in [0.4, 0.5) is 0 Å². The fraction of sp³-hybridized carbons (Fsp3) is 0.154. The molecular formula is C13H10Br2O2S. The monoisotopic (exact) mass is 388 g/mol. The summed E-state index contributed by atoms with van der Waals surface area (Å²) in [5.74, 6) is 0.577. The van der Waals surface area contributed by atoms with Crippen LogP contribution in [0.3, 0.4) is 0 Å². The second-order valence-electron chi connectivity index (χ2n) is 3.73. The summed E-state index contributed by atoms with van der Waals surface area (Å²) in [6.45, 7) is 1.96. The third kappa shape index (κ3) is 2.68. The number of hydrogen-bond acceptors (Lipinski definition) is 3. The summed E-state index contributed by atoms with van der Waals surface area (Å²) in [6, 6.07) is 7.35. The van der Waals surface area contributed by atoms with Crippen LogP contribution in [0, 0.1) is 6.92 Å². The minimum absolute atomic E-state index is 0.0248. The molecule has 5 heteroatoms. The van der Waals surface area contributed by atoms with Gasteiger partial charge in [0.15, 0.2) is 0 Å². The Labute approximate surface area is 126 Å². The molecule has 0 aliphatic rings. The Morgan fingerprint density at radius 2 is 2.00 bits per heavy atom. The van der Waals surface area contributed by atoms with E-state index in [0.29, 0.717) is 16.2 Å². The number of carbonyl (C=O) groups is 1. The van der Waals surface area contributed by atoms with Crippen LogP contribution in [0.25, 0.3) is 0 Å². The smallest absolute Gasteiger partial charge is 0.206 e. The molecule has 1 aromatic carbocycles. The van der Waals surface area contributed by atoms with Gasteiger partial charge in [0.05, 0.1) is 21.3 Å². The first kappa shape index (κ1) is 13.8. The Morgan fingerprint density at radius 1 is 1.28 bits per heavy atom. The van der Waals surface area contributed by atoms with Crippen LogP contribution in [0.15, 0.2) is 32.5 Å². The first-order chi connectivity index (χ1) is 8.52. The van der Waals surface area contributed by atoms with E-state index in [-0.39, 0.29) is 5.78 Å². The second-order valence-corrected chi connectivity index (χ2v) is 7.05. The highest BCUT2D eigenvalue weighted by Gasteiger charge is 2.17. The number of rotatable bonds is 3. The maximum atomic E-state index is 12.4. The molecule has 0 atom stereocenters. The highest BCUT2D eigenvalue weighted by Crippen LogP contribution is 2.31. The third-order valence-corrected chi connectivity index (χ3v) is 5.00. The number of hydrogen-bond donors (Lipinski definition) is 0. The van der Waals surface area contributed by atoms with Gasteiger partial charge in [0, 0.05) is 4.47 Å². The predicted molar refractivity (Wildman–Crippen MR) is 80.9 cm³/mol. The fourth-order valence-corrected chi connectivity index (χ4v) is 3.25. The quantitative estimate of drug-likeness (QED) is 0.703. The zero-order chi connectivity index (χ0) is 13.3. The number of methoxy groups -OCH3 is 1. The molecule has 2 rings (SSSR count). The van der Waals surface area contributed by atoms with Gasteiger partial charge in [0.2, 0.25) is 5.78 Å². The molecule has 94 valence electrons. The van der Waals surface area contributed by atoms with Gasteiger partial charge in [0.1, 0.15) is 5.75 Å². The van der Waals surface area contributed by atoms with Crippen molar-refractivity contribution in [2.75, 3.05) is 7.11 Å². The molecule has 0 amide bonds. The third-order valence-electron chi connectivity index (χ3n) is 2.52. The molecule has 0 bridgehead atoms. The number of aryl methyl sites for hydroxylation is 1. The number of ketones is 1. The number of benzene rings is 1. The minimum Gasteiger partial charge on any atom is -0.496 e. The van der Waals surface area contributed by atoms with Crippen molar-refractivity contribution in [1.82, 2.24) is 0 Å². The van der Waals surface area contributed by atoms with Crippen molar-refractivity contribution in [1.29, 1.82) is 0 Å². The summed E-state index contributed by atoms with van der Waals surface area (Å²) < 4.78 is 7.13. The minimum atomic E-state index is -0.0248. The SMILES string of the molecule is COc1cc(C)c(Br)cc1C(=O)c1ccc(Br)s1. The van der Waals surface area contributed by atoms with E-state index in [1.165, 1.54) is 11.3 Å². The highest BCUT2D eigenvalue weighted by atomic mass is 79.9. The largest absolute Gasteiger partial charge is 0.496 e. The topological polar surface area (TPSA) is 26.3 Å². The second kappa shape index (κ2) is 5.55. The Bertz CT molecular complexity index is 605. The molecule has 0 aliphatic carbocycles. The van der Waals surface area contributed by atoms with Crippen molar-refractivity contribution in [3.05, 3.63) is 48.5 Å². The maximum Gasteiger partial charge on any atom is 0.206 e. The van der Waals surface area contributed by atoms with Crippen LogP contribution < -0.4 is 4.74 Å². The molecule has 2 aromatic rings. The maximum absolute atomic E-state index is 12.4. The molecule has 0 unspecified atom stereocenters. The lowest BCUT2D eigenvalue weighted by atomic mass is 10.1. The zero-order valence-corrected chi connectivity index (χ0v) is 13.8. The van der Waals surface area contributed by atoms with E-state index in [1.54, 1.807) is 7.11 Å². The average Bonchev–Trinajstić information content (AvgIpc) is 2.78. The molecule has 0 saturated heterocycles. The van der Waals surface area contributed by atoms with Crippen molar-refractivity contribution < 1.29 is 9.53 Å². The molecule has 0 spiro atoms. The van der Waals surface area contributed by atoms with Gasteiger partial charge >= 0.3 is 0 Å². The van der Waals surface area contributed by atoms with E-state index >= 15 is 0 Å². The lowest BCUT2D eigenvalue weighted by molar-refractivity contribution is 0.103. The van der Waals surface area contributed by atoms with E-state index in [4.69, 9.17) is 4.74 Å². The van der Waals surface area contributed by atoms with E-state index in [1.807, 2.05) is 31.2 Å². The van der Waals surface area contributed by atoms with Gasteiger partial charge < -0.3 is 4.74 Å². The van der Waals surface area contributed by atoms with Gasteiger partial charge in [-0.2, -0.15) is 0 Å². The molecule has 0 aliphatic heterocycles. The molecule has 18 heavy (non-hydrogen) atoms. The summed E-state index contributed by atoms with van der Waals surface area (Å²) in [4.78, 5) is 13.1. The molecule has 0 fully saturated rings. The molecule has 0 N–H and O–H groups in total. The van der Waals surface area contributed by atoms with Gasteiger partial charge in [-0.05, 0) is 52.7 Å². The van der Waals surface area contributed by atoms with Crippen LogP contribution in [0.5, 0.6) is 5.75 Å². The number of ether oxygens (including phenoxy) is 1. The van der Waals surface area contributed by atoms with E-state index < -0.39 is 0 Å². The van der Waals surface area contributed by atoms with Gasteiger partial charge in [-0.15, -0.1) is 11.3 Å². The van der Waals surface area contributed by atoms with Gasteiger partial charge in [-0.1, -0.05) is 15.9 Å². The Balaban J connectivity index is 2.50. The number of halogens is 2. The zero-order valence-electron chi connectivity index (χ0n) is 9.79. The van der Waals surface area contributed by atoms with Crippen LogP contribution in [-0.4, -0.2) is 12.9 Å². The predicted octanol–water partition coefficient (Wildman–Crippen LogP) is 4.82. The van der Waals surface area contributed by atoms with Crippen LogP contribution in [0.2, 0.25) is 0 Å². The standard InChI is InChI=1S/C13H10Br2O2S/c1-7-5-10(17-2)8(6-9(7)14)13(16)11-3-4-12(15)18-11/h3-6H,1-2H3. The van der Waals surface area contributed by atoms with Crippen molar-refractivity contribution in [3.63, 3.8) is 0 Å². The summed E-state index contributed by atoms with van der Waals surface area (Å²) in [6.07, 6.45) is 0.